The molecule has 0 amide bonds. The van der Waals surface area contributed by atoms with Crippen molar-refractivity contribution in [1.82, 2.24) is 15.0 Å². The lowest BCUT2D eigenvalue weighted by molar-refractivity contribution is 0.669. The zero-order chi connectivity index (χ0) is 40.8. The first-order valence-corrected chi connectivity index (χ1v) is 21.1. The minimum atomic E-state index is -0.349. The van der Waals surface area contributed by atoms with Crippen LogP contribution in [0.1, 0.15) is 22.3 Å². The Morgan fingerprint density at radius 3 is 1.27 bits per heavy atom. The van der Waals surface area contributed by atoms with E-state index >= 15 is 0 Å². The van der Waals surface area contributed by atoms with Crippen LogP contribution in [0.25, 0.3) is 101 Å². The molecular formula is C58H35N3O. The molecule has 13 rings (SSSR count). The summed E-state index contributed by atoms with van der Waals surface area (Å²) >= 11 is 0. The molecule has 9 aromatic carbocycles. The Hall–Kier alpha value is -8.21. The Kier molecular flexibility index (Phi) is 7.49. The minimum absolute atomic E-state index is 0.349. The van der Waals surface area contributed by atoms with Crippen LogP contribution in [-0.2, 0) is 5.41 Å². The van der Waals surface area contributed by atoms with Gasteiger partial charge in [-0.3, -0.25) is 0 Å². The number of hydrogen-bond acceptors (Lipinski definition) is 4. The Morgan fingerprint density at radius 1 is 0.274 bits per heavy atom. The largest absolute Gasteiger partial charge is 0.456 e. The number of benzene rings is 9. The molecule has 0 radical (unpaired) electrons. The van der Waals surface area contributed by atoms with Gasteiger partial charge >= 0.3 is 0 Å². The predicted octanol–water partition coefficient (Wildman–Crippen LogP) is 14.4. The van der Waals surface area contributed by atoms with E-state index in [-0.39, 0.29) is 5.41 Å². The van der Waals surface area contributed by atoms with Crippen LogP contribution in [0, 0.1) is 0 Å². The van der Waals surface area contributed by atoms with E-state index in [1.165, 1.54) is 50.1 Å². The van der Waals surface area contributed by atoms with Crippen molar-refractivity contribution in [2.24, 2.45) is 0 Å². The Labute approximate surface area is 358 Å². The van der Waals surface area contributed by atoms with Gasteiger partial charge in [0.2, 0.25) is 0 Å². The van der Waals surface area contributed by atoms with Crippen molar-refractivity contribution in [2.45, 2.75) is 5.41 Å². The second kappa shape index (κ2) is 13.4. The molecule has 11 aromatic rings. The maximum atomic E-state index is 6.09. The molecule has 2 aliphatic carbocycles. The highest BCUT2D eigenvalue weighted by Crippen LogP contribution is 2.63. The molecule has 2 heterocycles. The van der Waals surface area contributed by atoms with Gasteiger partial charge in [-0.05, 0) is 91.0 Å². The van der Waals surface area contributed by atoms with Crippen LogP contribution in [0.5, 0.6) is 0 Å². The van der Waals surface area contributed by atoms with Crippen LogP contribution in [0.15, 0.2) is 217 Å². The topological polar surface area (TPSA) is 51.8 Å². The van der Waals surface area contributed by atoms with Gasteiger partial charge in [0, 0.05) is 27.5 Å². The summed E-state index contributed by atoms with van der Waals surface area (Å²) in [5.41, 5.74) is 19.4. The summed E-state index contributed by atoms with van der Waals surface area (Å²) in [4.78, 5) is 15.1. The van der Waals surface area contributed by atoms with E-state index in [1.54, 1.807) is 0 Å². The first-order valence-electron chi connectivity index (χ1n) is 21.1. The molecule has 0 unspecified atom stereocenters. The van der Waals surface area contributed by atoms with Gasteiger partial charge in [-0.25, -0.2) is 15.0 Å². The highest BCUT2D eigenvalue weighted by Gasteiger charge is 2.51. The van der Waals surface area contributed by atoms with Crippen LogP contribution < -0.4 is 0 Å². The molecular weight excluding hydrogens is 755 g/mol. The Morgan fingerprint density at radius 2 is 0.677 bits per heavy atom. The fourth-order valence-electron chi connectivity index (χ4n) is 10.2. The average Bonchev–Trinajstić information content (AvgIpc) is 3.98. The molecule has 2 aliphatic rings. The zero-order valence-electron chi connectivity index (χ0n) is 33.5. The number of hydrogen-bond donors (Lipinski definition) is 0. The SMILES string of the molecule is c1ccc(-c2nc(-c3ccc(-c4ccc5c(c4)-c4ccccc4C54c5ccccc5-c5ccccc54)cc3)nc(-c3ccc(-c4ccc5oc6ccccc6c5c4)cc3)n2)cc1. The number of nitrogens with zero attached hydrogens (tertiary/aromatic N) is 3. The van der Waals surface area contributed by atoms with Crippen LogP contribution in [-0.4, -0.2) is 15.0 Å². The summed E-state index contributed by atoms with van der Waals surface area (Å²) in [6, 6.07) is 75.7. The van der Waals surface area contributed by atoms with Crippen LogP contribution >= 0.6 is 0 Å². The van der Waals surface area contributed by atoms with Gasteiger partial charge in [0.15, 0.2) is 17.5 Å². The lowest BCUT2D eigenvalue weighted by Crippen LogP contribution is -2.25. The average molecular weight is 790 g/mol. The van der Waals surface area contributed by atoms with E-state index in [1.807, 2.05) is 42.5 Å². The number of rotatable bonds is 5. The highest BCUT2D eigenvalue weighted by atomic mass is 16.3. The second-order valence-corrected chi connectivity index (χ2v) is 16.3. The molecule has 1 spiro atoms. The molecule has 0 fully saturated rings. The molecule has 0 saturated carbocycles. The monoisotopic (exact) mass is 789 g/mol. The summed E-state index contributed by atoms with van der Waals surface area (Å²) in [5.74, 6) is 1.89. The molecule has 62 heavy (non-hydrogen) atoms. The molecule has 4 nitrogen and oxygen atoms in total. The second-order valence-electron chi connectivity index (χ2n) is 16.3. The van der Waals surface area contributed by atoms with Gasteiger partial charge in [-0.15, -0.1) is 0 Å². The van der Waals surface area contributed by atoms with Gasteiger partial charge in [0.05, 0.1) is 5.41 Å². The van der Waals surface area contributed by atoms with Gasteiger partial charge in [-0.2, -0.15) is 0 Å². The summed E-state index contributed by atoms with van der Waals surface area (Å²) in [6.45, 7) is 0. The normalized spacial score (nSPS) is 13.0. The van der Waals surface area contributed by atoms with Crippen molar-refractivity contribution in [3.63, 3.8) is 0 Å². The molecule has 2 aromatic heterocycles. The standard InChI is InChI=1S/C58H35N3O/c1-2-12-38(13-3-1)55-59-56(61-57(60-55)40-28-24-37(25-29-40)42-31-33-54-48(35-42)46-17-7-11-21-53(46)62-54)39-26-22-36(23-27-39)41-30-32-52-47(34-41)45-16-6-10-20-51(45)58(52)49-18-8-4-14-43(49)44-15-5-9-19-50(44)58/h1-35H. The zero-order valence-corrected chi connectivity index (χ0v) is 33.5. The van der Waals surface area contributed by atoms with Crippen LogP contribution in [0.2, 0.25) is 0 Å². The molecule has 4 heteroatoms. The lowest BCUT2D eigenvalue weighted by Gasteiger charge is -2.30. The van der Waals surface area contributed by atoms with Gasteiger partial charge in [0.25, 0.3) is 0 Å². The number of furan rings is 1. The van der Waals surface area contributed by atoms with E-state index in [2.05, 4.69) is 170 Å². The highest BCUT2D eigenvalue weighted by molar-refractivity contribution is 6.06. The van der Waals surface area contributed by atoms with E-state index in [4.69, 9.17) is 19.4 Å². The third-order valence-electron chi connectivity index (χ3n) is 13.0. The summed E-state index contributed by atoms with van der Waals surface area (Å²) in [6.07, 6.45) is 0. The predicted molar refractivity (Wildman–Crippen MR) is 251 cm³/mol. The number of para-hydroxylation sites is 1. The maximum absolute atomic E-state index is 6.09. The van der Waals surface area contributed by atoms with Crippen molar-refractivity contribution in [3.05, 3.63) is 235 Å². The van der Waals surface area contributed by atoms with E-state index in [9.17, 15) is 0 Å². The van der Waals surface area contributed by atoms with E-state index < -0.39 is 0 Å². The van der Waals surface area contributed by atoms with E-state index in [0.29, 0.717) is 17.5 Å². The molecule has 0 aliphatic heterocycles. The molecule has 0 saturated heterocycles. The number of fused-ring (bicyclic) bond motifs is 13. The Balaban J connectivity index is 0.867. The van der Waals surface area contributed by atoms with Crippen LogP contribution in [0.4, 0.5) is 0 Å². The first kappa shape index (κ1) is 34.6. The van der Waals surface area contributed by atoms with Crippen molar-refractivity contribution in [2.75, 3.05) is 0 Å². The fraction of sp³-hybridized carbons (Fsp3) is 0.0172. The Bertz CT molecular complexity index is 3520. The third kappa shape index (κ3) is 5.10. The van der Waals surface area contributed by atoms with Crippen molar-refractivity contribution in [1.29, 1.82) is 0 Å². The fourth-order valence-corrected chi connectivity index (χ4v) is 10.2. The summed E-state index contributed by atoms with van der Waals surface area (Å²) < 4.78 is 6.09. The van der Waals surface area contributed by atoms with Gasteiger partial charge < -0.3 is 4.42 Å². The summed E-state index contributed by atoms with van der Waals surface area (Å²) in [5, 5.41) is 2.23. The maximum Gasteiger partial charge on any atom is 0.164 e. The van der Waals surface area contributed by atoms with Crippen molar-refractivity contribution < 1.29 is 4.42 Å². The van der Waals surface area contributed by atoms with Crippen molar-refractivity contribution in [3.8, 4) is 78.7 Å². The third-order valence-corrected chi connectivity index (χ3v) is 13.0. The van der Waals surface area contributed by atoms with Gasteiger partial charge in [0.1, 0.15) is 11.2 Å². The molecule has 0 atom stereocenters. The lowest BCUT2D eigenvalue weighted by atomic mass is 9.70. The van der Waals surface area contributed by atoms with E-state index in [0.717, 1.165) is 55.3 Å². The summed E-state index contributed by atoms with van der Waals surface area (Å²) in [7, 11) is 0. The quantitative estimate of drug-likeness (QED) is 0.174. The molecule has 0 bridgehead atoms. The number of aromatic nitrogens is 3. The first-order chi connectivity index (χ1) is 30.7. The van der Waals surface area contributed by atoms with Crippen LogP contribution in [0.3, 0.4) is 0 Å². The molecule has 288 valence electrons. The van der Waals surface area contributed by atoms with Gasteiger partial charge in [-0.1, -0.05) is 188 Å². The molecule has 0 N–H and O–H groups in total. The minimum Gasteiger partial charge on any atom is -0.456 e. The van der Waals surface area contributed by atoms with Crippen molar-refractivity contribution >= 4 is 21.9 Å². The smallest absolute Gasteiger partial charge is 0.164 e.